The predicted octanol–water partition coefficient (Wildman–Crippen LogP) is 0.373. The fourth-order valence-corrected chi connectivity index (χ4v) is 2.11. The van der Waals surface area contributed by atoms with Crippen molar-refractivity contribution >= 4 is 11.6 Å². The van der Waals surface area contributed by atoms with Crippen molar-refractivity contribution in [2.24, 2.45) is 0 Å². The lowest BCUT2D eigenvalue weighted by Crippen LogP contribution is -2.38. The van der Waals surface area contributed by atoms with Gasteiger partial charge in [0, 0.05) is 25.8 Å². The van der Waals surface area contributed by atoms with Gasteiger partial charge in [-0.25, -0.2) is 0 Å². The van der Waals surface area contributed by atoms with Crippen molar-refractivity contribution in [2.75, 3.05) is 25.9 Å². The summed E-state index contributed by atoms with van der Waals surface area (Å²) in [6.07, 6.45) is 0.930. The molecule has 0 spiro atoms. The van der Waals surface area contributed by atoms with Gasteiger partial charge in [0.15, 0.2) is 0 Å². The predicted molar refractivity (Wildman–Crippen MR) is 63.9 cm³/mol. The molecule has 1 aliphatic rings. The van der Waals surface area contributed by atoms with Gasteiger partial charge in [0.2, 0.25) is 5.91 Å². The Morgan fingerprint density at radius 3 is 3.12 bits per heavy atom. The summed E-state index contributed by atoms with van der Waals surface area (Å²) in [5.41, 5.74) is 9.28. The Kier molecular flexibility index (Phi) is 3.10. The summed E-state index contributed by atoms with van der Waals surface area (Å²) in [6, 6.07) is 5.99. The standard InChI is InChI=1S/C12H17N3O/c1-14-12(16)8-15-6-5-10-9(7-15)3-2-4-11(10)13/h2-4H,5-8,13H2,1H3,(H,14,16). The quantitative estimate of drug-likeness (QED) is 0.707. The molecule has 4 heteroatoms. The first-order chi connectivity index (χ1) is 7.70. The van der Waals surface area contributed by atoms with E-state index in [1.165, 1.54) is 11.1 Å². The molecule has 0 radical (unpaired) electrons. The highest BCUT2D eigenvalue weighted by atomic mass is 16.1. The highest BCUT2D eigenvalue weighted by Gasteiger charge is 2.18. The van der Waals surface area contributed by atoms with Crippen LogP contribution in [-0.2, 0) is 17.8 Å². The maximum Gasteiger partial charge on any atom is 0.233 e. The van der Waals surface area contributed by atoms with Gasteiger partial charge in [-0.3, -0.25) is 9.69 Å². The van der Waals surface area contributed by atoms with Gasteiger partial charge >= 0.3 is 0 Å². The molecule has 1 aromatic rings. The molecule has 0 unspecified atom stereocenters. The van der Waals surface area contributed by atoms with E-state index in [1.54, 1.807) is 7.05 Å². The zero-order valence-corrected chi connectivity index (χ0v) is 9.49. The molecule has 3 N–H and O–H groups in total. The first-order valence-corrected chi connectivity index (χ1v) is 5.50. The minimum Gasteiger partial charge on any atom is -0.398 e. The second-order valence-corrected chi connectivity index (χ2v) is 4.12. The Hall–Kier alpha value is -1.55. The highest BCUT2D eigenvalue weighted by molar-refractivity contribution is 5.77. The molecule has 0 saturated heterocycles. The fraction of sp³-hybridized carbons (Fsp3) is 0.417. The number of carbonyl (C=O) groups excluding carboxylic acids is 1. The van der Waals surface area contributed by atoms with E-state index in [9.17, 15) is 4.79 Å². The van der Waals surface area contributed by atoms with E-state index in [0.29, 0.717) is 6.54 Å². The number of nitrogens with zero attached hydrogens (tertiary/aromatic N) is 1. The fourth-order valence-electron chi connectivity index (χ4n) is 2.11. The Bertz CT molecular complexity index is 403. The molecule has 0 aromatic heterocycles. The third-order valence-electron chi connectivity index (χ3n) is 3.03. The van der Waals surface area contributed by atoms with E-state index < -0.39 is 0 Å². The van der Waals surface area contributed by atoms with Crippen molar-refractivity contribution in [3.05, 3.63) is 29.3 Å². The number of hydrogen-bond acceptors (Lipinski definition) is 3. The number of likely N-dealkylation sites (N-methyl/N-ethyl adjacent to an activating group) is 1. The third kappa shape index (κ3) is 2.17. The third-order valence-corrected chi connectivity index (χ3v) is 3.03. The van der Waals surface area contributed by atoms with Crippen molar-refractivity contribution in [2.45, 2.75) is 13.0 Å². The topological polar surface area (TPSA) is 58.4 Å². The molecule has 2 rings (SSSR count). The van der Waals surface area contributed by atoms with Gasteiger partial charge < -0.3 is 11.1 Å². The summed E-state index contributed by atoms with van der Waals surface area (Å²) in [5, 5.41) is 2.64. The van der Waals surface area contributed by atoms with Crippen LogP contribution in [0.3, 0.4) is 0 Å². The molecule has 16 heavy (non-hydrogen) atoms. The van der Waals surface area contributed by atoms with E-state index in [0.717, 1.165) is 25.2 Å². The number of rotatable bonds is 2. The minimum atomic E-state index is 0.0624. The van der Waals surface area contributed by atoms with Crippen LogP contribution in [0.25, 0.3) is 0 Å². The van der Waals surface area contributed by atoms with Gasteiger partial charge in [-0.15, -0.1) is 0 Å². The van der Waals surface area contributed by atoms with Gasteiger partial charge in [-0.2, -0.15) is 0 Å². The number of nitrogens with two attached hydrogens (primary N) is 1. The minimum absolute atomic E-state index is 0.0624. The smallest absolute Gasteiger partial charge is 0.233 e. The molecule has 0 atom stereocenters. The van der Waals surface area contributed by atoms with Crippen LogP contribution < -0.4 is 11.1 Å². The monoisotopic (exact) mass is 219 g/mol. The first kappa shape index (κ1) is 11.0. The second kappa shape index (κ2) is 4.53. The van der Waals surface area contributed by atoms with E-state index in [-0.39, 0.29) is 5.91 Å². The summed E-state index contributed by atoms with van der Waals surface area (Å²) in [5.74, 6) is 0.0624. The van der Waals surface area contributed by atoms with Crippen LogP contribution >= 0.6 is 0 Å². The lowest BCUT2D eigenvalue weighted by molar-refractivity contribution is -0.121. The molecule has 0 fully saturated rings. The van der Waals surface area contributed by atoms with Crippen LogP contribution in [0.1, 0.15) is 11.1 Å². The summed E-state index contributed by atoms with van der Waals surface area (Å²) in [7, 11) is 1.66. The molecule has 0 saturated carbocycles. The van der Waals surface area contributed by atoms with Crippen molar-refractivity contribution in [1.29, 1.82) is 0 Å². The van der Waals surface area contributed by atoms with Crippen LogP contribution in [-0.4, -0.2) is 30.9 Å². The Labute approximate surface area is 95.4 Å². The summed E-state index contributed by atoms with van der Waals surface area (Å²) < 4.78 is 0. The average Bonchev–Trinajstić information content (AvgIpc) is 2.29. The number of benzene rings is 1. The van der Waals surface area contributed by atoms with Crippen molar-refractivity contribution in [3.8, 4) is 0 Å². The molecule has 4 nitrogen and oxygen atoms in total. The Balaban J connectivity index is 2.09. The normalized spacial score (nSPS) is 15.6. The van der Waals surface area contributed by atoms with Gasteiger partial charge in [0.25, 0.3) is 0 Å². The number of hydrogen-bond donors (Lipinski definition) is 2. The van der Waals surface area contributed by atoms with E-state index >= 15 is 0 Å². The maximum atomic E-state index is 11.3. The van der Waals surface area contributed by atoms with Crippen LogP contribution in [0.2, 0.25) is 0 Å². The van der Waals surface area contributed by atoms with Crippen LogP contribution in [0.15, 0.2) is 18.2 Å². The van der Waals surface area contributed by atoms with E-state index in [2.05, 4.69) is 16.3 Å². The van der Waals surface area contributed by atoms with Crippen LogP contribution in [0, 0.1) is 0 Å². The Morgan fingerprint density at radius 2 is 2.38 bits per heavy atom. The summed E-state index contributed by atoms with van der Waals surface area (Å²) in [6.45, 7) is 2.17. The number of nitrogens with one attached hydrogen (secondary N) is 1. The van der Waals surface area contributed by atoms with E-state index in [1.807, 2.05) is 12.1 Å². The van der Waals surface area contributed by atoms with Gasteiger partial charge in [-0.1, -0.05) is 12.1 Å². The van der Waals surface area contributed by atoms with Crippen LogP contribution in [0.4, 0.5) is 5.69 Å². The highest BCUT2D eigenvalue weighted by Crippen LogP contribution is 2.23. The van der Waals surface area contributed by atoms with Gasteiger partial charge in [-0.05, 0) is 23.6 Å². The molecular weight excluding hydrogens is 202 g/mol. The first-order valence-electron chi connectivity index (χ1n) is 5.50. The molecule has 1 aliphatic heterocycles. The van der Waals surface area contributed by atoms with Crippen molar-refractivity contribution in [3.63, 3.8) is 0 Å². The summed E-state index contributed by atoms with van der Waals surface area (Å²) >= 11 is 0. The molecule has 0 bridgehead atoms. The van der Waals surface area contributed by atoms with Gasteiger partial charge in [0.1, 0.15) is 0 Å². The van der Waals surface area contributed by atoms with Gasteiger partial charge in [0.05, 0.1) is 6.54 Å². The summed E-state index contributed by atoms with van der Waals surface area (Å²) in [4.78, 5) is 13.4. The molecular formula is C12H17N3O. The van der Waals surface area contributed by atoms with Crippen LogP contribution in [0.5, 0.6) is 0 Å². The lowest BCUT2D eigenvalue weighted by atomic mass is 9.98. The molecule has 0 aliphatic carbocycles. The zero-order chi connectivity index (χ0) is 11.5. The lowest BCUT2D eigenvalue weighted by Gasteiger charge is -2.28. The number of carbonyl (C=O) groups is 1. The number of anilines is 1. The second-order valence-electron chi connectivity index (χ2n) is 4.12. The average molecular weight is 219 g/mol. The molecule has 1 heterocycles. The SMILES string of the molecule is CNC(=O)CN1CCc2c(N)cccc2C1. The number of nitrogen functional groups attached to an aromatic ring is 1. The van der Waals surface area contributed by atoms with Crippen molar-refractivity contribution < 1.29 is 4.79 Å². The zero-order valence-electron chi connectivity index (χ0n) is 9.49. The largest absolute Gasteiger partial charge is 0.398 e. The number of fused-ring (bicyclic) bond motifs is 1. The molecule has 1 aromatic carbocycles. The Morgan fingerprint density at radius 1 is 1.56 bits per heavy atom. The maximum absolute atomic E-state index is 11.3. The molecule has 1 amide bonds. The van der Waals surface area contributed by atoms with Crippen molar-refractivity contribution in [1.82, 2.24) is 10.2 Å². The van der Waals surface area contributed by atoms with E-state index in [4.69, 9.17) is 5.73 Å². The number of amides is 1. The molecule has 86 valence electrons.